The molecule has 1 saturated heterocycles. The number of carbonyl (C=O) groups excluding carboxylic acids is 1. The van der Waals surface area contributed by atoms with Crippen LogP contribution in [-0.4, -0.2) is 61.8 Å². The Kier molecular flexibility index (Phi) is 7.59. The van der Waals surface area contributed by atoms with Gasteiger partial charge in [0.25, 0.3) is 10.0 Å². The number of pyridine rings is 1. The lowest BCUT2D eigenvalue weighted by Crippen LogP contribution is -2.49. The lowest BCUT2D eigenvalue weighted by molar-refractivity contribution is -0.132. The molecule has 1 aromatic heterocycles. The molecule has 4 rings (SSSR count). The zero-order valence-corrected chi connectivity index (χ0v) is 20.2. The SMILES string of the molecule is Cc1ccc(S(=O)(=O)N(CCC(=O)N2CCN(Cc3ccncc3)CC2)c2ccccc2)cc1. The highest BCUT2D eigenvalue weighted by molar-refractivity contribution is 7.92. The Morgan fingerprint density at radius 3 is 2.21 bits per heavy atom. The number of benzene rings is 2. The Balaban J connectivity index is 1.40. The first-order chi connectivity index (χ1) is 16.4. The third-order valence-corrected chi connectivity index (χ3v) is 7.90. The van der Waals surface area contributed by atoms with Crippen LogP contribution in [0.25, 0.3) is 0 Å². The van der Waals surface area contributed by atoms with Crippen molar-refractivity contribution >= 4 is 21.6 Å². The third kappa shape index (κ3) is 5.81. The number of hydrogen-bond donors (Lipinski definition) is 0. The topological polar surface area (TPSA) is 73.8 Å². The van der Waals surface area contributed by atoms with Gasteiger partial charge in [-0.25, -0.2) is 8.42 Å². The largest absolute Gasteiger partial charge is 0.340 e. The molecule has 0 aliphatic carbocycles. The number of aromatic nitrogens is 1. The molecule has 8 heteroatoms. The van der Waals surface area contributed by atoms with Crippen molar-refractivity contribution in [1.82, 2.24) is 14.8 Å². The van der Waals surface area contributed by atoms with E-state index in [0.29, 0.717) is 18.8 Å². The second kappa shape index (κ2) is 10.8. The van der Waals surface area contributed by atoms with E-state index in [0.717, 1.165) is 25.2 Å². The zero-order chi connectivity index (χ0) is 24.0. The fourth-order valence-corrected chi connectivity index (χ4v) is 5.54. The minimum Gasteiger partial charge on any atom is -0.340 e. The summed E-state index contributed by atoms with van der Waals surface area (Å²) in [5.41, 5.74) is 2.75. The highest BCUT2D eigenvalue weighted by Crippen LogP contribution is 2.24. The fourth-order valence-electron chi connectivity index (χ4n) is 4.08. The number of carbonyl (C=O) groups is 1. The Labute approximate surface area is 201 Å². The average Bonchev–Trinajstić information content (AvgIpc) is 2.86. The first kappa shape index (κ1) is 23.9. The molecule has 34 heavy (non-hydrogen) atoms. The maximum Gasteiger partial charge on any atom is 0.264 e. The molecule has 0 radical (unpaired) electrons. The number of sulfonamides is 1. The van der Waals surface area contributed by atoms with E-state index in [1.165, 1.54) is 9.87 Å². The van der Waals surface area contributed by atoms with Gasteiger partial charge in [0.15, 0.2) is 0 Å². The van der Waals surface area contributed by atoms with Gasteiger partial charge in [0, 0.05) is 58.1 Å². The van der Waals surface area contributed by atoms with Gasteiger partial charge in [0.2, 0.25) is 5.91 Å². The second-order valence-corrected chi connectivity index (χ2v) is 10.4. The van der Waals surface area contributed by atoms with Crippen molar-refractivity contribution in [3.8, 4) is 0 Å². The molecule has 7 nitrogen and oxygen atoms in total. The molecule has 0 spiro atoms. The van der Waals surface area contributed by atoms with E-state index in [2.05, 4.69) is 9.88 Å². The molecule has 1 aliphatic rings. The van der Waals surface area contributed by atoms with Crippen LogP contribution in [0.3, 0.4) is 0 Å². The van der Waals surface area contributed by atoms with Crippen molar-refractivity contribution in [3.05, 3.63) is 90.3 Å². The number of amides is 1. The maximum absolute atomic E-state index is 13.4. The van der Waals surface area contributed by atoms with Crippen LogP contribution in [0.4, 0.5) is 5.69 Å². The molecule has 2 aromatic carbocycles. The van der Waals surface area contributed by atoms with Crippen molar-refractivity contribution in [2.24, 2.45) is 0 Å². The quantitative estimate of drug-likeness (QED) is 0.497. The Morgan fingerprint density at radius 2 is 1.56 bits per heavy atom. The van der Waals surface area contributed by atoms with Gasteiger partial charge >= 0.3 is 0 Å². The van der Waals surface area contributed by atoms with Gasteiger partial charge in [0.1, 0.15) is 0 Å². The predicted molar refractivity (Wildman–Crippen MR) is 133 cm³/mol. The molecule has 2 heterocycles. The van der Waals surface area contributed by atoms with Crippen LogP contribution < -0.4 is 4.31 Å². The van der Waals surface area contributed by atoms with Crippen molar-refractivity contribution in [2.75, 3.05) is 37.0 Å². The summed E-state index contributed by atoms with van der Waals surface area (Å²) in [6.07, 6.45) is 3.71. The summed E-state index contributed by atoms with van der Waals surface area (Å²) in [5, 5.41) is 0. The summed E-state index contributed by atoms with van der Waals surface area (Å²) in [5.74, 6) is -0.0244. The molecule has 1 aliphatic heterocycles. The number of nitrogens with zero attached hydrogens (tertiary/aromatic N) is 4. The van der Waals surface area contributed by atoms with Crippen molar-refractivity contribution in [3.63, 3.8) is 0 Å². The van der Waals surface area contributed by atoms with Gasteiger partial charge in [-0.3, -0.25) is 19.0 Å². The third-order valence-electron chi connectivity index (χ3n) is 6.06. The van der Waals surface area contributed by atoms with Crippen molar-refractivity contribution in [2.45, 2.75) is 24.8 Å². The Hall–Kier alpha value is -3.23. The molecule has 0 N–H and O–H groups in total. The number of rotatable bonds is 8. The summed E-state index contributed by atoms with van der Waals surface area (Å²) in [6.45, 7) is 5.70. The van der Waals surface area contributed by atoms with Gasteiger partial charge in [-0.2, -0.15) is 0 Å². The minimum atomic E-state index is -3.79. The van der Waals surface area contributed by atoms with E-state index < -0.39 is 10.0 Å². The lowest BCUT2D eigenvalue weighted by atomic mass is 10.2. The van der Waals surface area contributed by atoms with Crippen molar-refractivity contribution < 1.29 is 13.2 Å². The van der Waals surface area contributed by atoms with E-state index in [1.807, 2.05) is 30.0 Å². The van der Waals surface area contributed by atoms with E-state index in [4.69, 9.17) is 0 Å². The van der Waals surface area contributed by atoms with Gasteiger partial charge in [0.05, 0.1) is 10.6 Å². The van der Waals surface area contributed by atoms with E-state index in [-0.39, 0.29) is 23.8 Å². The zero-order valence-electron chi connectivity index (χ0n) is 19.4. The molecular formula is C26H30N4O3S. The second-order valence-electron chi connectivity index (χ2n) is 8.49. The summed E-state index contributed by atoms with van der Waals surface area (Å²) in [6, 6.07) is 19.8. The van der Waals surface area contributed by atoms with Crippen LogP contribution in [-0.2, 0) is 21.4 Å². The van der Waals surface area contributed by atoms with Crippen LogP contribution in [0.1, 0.15) is 17.5 Å². The van der Waals surface area contributed by atoms with E-state index in [9.17, 15) is 13.2 Å². The van der Waals surface area contributed by atoms with Crippen LogP contribution in [0, 0.1) is 6.92 Å². The smallest absolute Gasteiger partial charge is 0.264 e. The number of aryl methyl sites for hydroxylation is 1. The van der Waals surface area contributed by atoms with Crippen molar-refractivity contribution in [1.29, 1.82) is 0 Å². The molecule has 0 bridgehead atoms. The fraction of sp³-hybridized carbons (Fsp3) is 0.308. The highest BCUT2D eigenvalue weighted by Gasteiger charge is 2.27. The molecule has 0 atom stereocenters. The Morgan fingerprint density at radius 1 is 0.912 bits per heavy atom. The highest BCUT2D eigenvalue weighted by atomic mass is 32.2. The number of hydrogen-bond acceptors (Lipinski definition) is 5. The minimum absolute atomic E-state index is 0.0244. The summed E-state index contributed by atoms with van der Waals surface area (Å²) < 4.78 is 28.2. The van der Waals surface area contributed by atoms with Crippen LogP contribution in [0.2, 0.25) is 0 Å². The van der Waals surface area contributed by atoms with Gasteiger partial charge in [-0.05, 0) is 48.9 Å². The van der Waals surface area contributed by atoms with Gasteiger partial charge < -0.3 is 4.90 Å². The maximum atomic E-state index is 13.4. The standard InChI is InChI=1S/C26H30N4O3S/c1-22-7-9-25(10-8-22)34(32,33)30(24-5-3-2-4-6-24)16-13-26(31)29-19-17-28(18-20-29)21-23-11-14-27-15-12-23/h2-12,14-15H,13,16-21H2,1H3. The number of anilines is 1. The molecule has 0 saturated carbocycles. The van der Waals surface area contributed by atoms with Gasteiger partial charge in [-0.15, -0.1) is 0 Å². The first-order valence-corrected chi connectivity index (χ1v) is 12.9. The molecule has 178 valence electrons. The number of para-hydroxylation sites is 1. The summed E-state index contributed by atoms with van der Waals surface area (Å²) in [4.78, 5) is 21.4. The van der Waals surface area contributed by atoms with Crippen LogP contribution in [0.5, 0.6) is 0 Å². The summed E-state index contributed by atoms with van der Waals surface area (Å²) in [7, 11) is -3.79. The normalized spacial score (nSPS) is 14.7. The van der Waals surface area contributed by atoms with E-state index >= 15 is 0 Å². The van der Waals surface area contributed by atoms with Crippen LogP contribution >= 0.6 is 0 Å². The Bertz CT molecular complexity index is 1180. The van der Waals surface area contributed by atoms with Crippen LogP contribution in [0.15, 0.2) is 84.0 Å². The molecule has 0 unspecified atom stereocenters. The average molecular weight is 479 g/mol. The predicted octanol–water partition coefficient (Wildman–Crippen LogP) is 3.32. The molecule has 1 fully saturated rings. The molecule has 1 amide bonds. The number of piperazine rings is 1. The summed E-state index contributed by atoms with van der Waals surface area (Å²) >= 11 is 0. The van der Waals surface area contributed by atoms with E-state index in [1.54, 1.807) is 60.9 Å². The first-order valence-electron chi connectivity index (χ1n) is 11.5. The molecule has 3 aromatic rings. The van der Waals surface area contributed by atoms with Gasteiger partial charge in [-0.1, -0.05) is 35.9 Å². The monoisotopic (exact) mass is 478 g/mol. The molecular weight excluding hydrogens is 448 g/mol. The lowest BCUT2D eigenvalue weighted by Gasteiger charge is -2.35.